The Morgan fingerprint density at radius 3 is 2.47 bits per heavy atom. The molecule has 8 heteroatoms. The lowest BCUT2D eigenvalue weighted by Crippen LogP contribution is -2.53. The van der Waals surface area contributed by atoms with Gasteiger partial charge < -0.3 is 20.9 Å². The summed E-state index contributed by atoms with van der Waals surface area (Å²) in [5.74, 6) is 0.592. The Bertz CT molecular complexity index is 1030. The number of hydrogen-bond donors (Lipinski definition) is 3. The lowest BCUT2D eigenvalue weighted by molar-refractivity contribution is -0.156. The number of nitrogens with two attached hydrogens (primary N) is 1. The molecule has 4 N–H and O–H groups in total. The summed E-state index contributed by atoms with van der Waals surface area (Å²) in [6.45, 7) is 21.3. The minimum atomic E-state index is -0.564. The highest BCUT2D eigenvalue weighted by atomic mass is 32.2. The van der Waals surface area contributed by atoms with E-state index in [2.05, 4.69) is 39.6 Å². The maximum absolute atomic E-state index is 13.7. The Morgan fingerprint density at radius 1 is 1.16 bits per heavy atom. The molecule has 0 aromatic carbocycles. The van der Waals surface area contributed by atoms with E-state index in [1.54, 1.807) is 0 Å². The van der Waals surface area contributed by atoms with Crippen molar-refractivity contribution >= 4 is 29.4 Å². The number of carbonyl (C=O) groups excluding carboxylic acids is 3. The van der Waals surface area contributed by atoms with Gasteiger partial charge in [-0.2, -0.15) is 0 Å². The molecule has 0 aromatic rings. The minimum Gasteiger partial charge on any atom is -0.462 e. The van der Waals surface area contributed by atoms with E-state index in [1.165, 1.54) is 11.8 Å². The van der Waals surface area contributed by atoms with Crippen LogP contribution in [-0.4, -0.2) is 58.1 Å². The molecule has 0 unspecified atom stereocenters. The summed E-state index contributed by atoms with van der Waals surface area (Å²) < 4.78 is 5.91. The predicted molar refractivity (Wildman–Crippen MR) is 175 cm³/mol. The van der Waals surface area contributed by atoms with Crippen LogP contribution >= 0.6 is 11.8 Å². The largest absolute Gasteiger partial charge is 0.462 e. The number of nitrogens with one attached hydrogen (secondary N) is 1. The van der Waals surface area contributed by atoms with Gasteiger partial charge in [0.2, 0.25) is 5.91 Å². The highest BCUT2D eigenvalue weighted by molar-refractivity contribution is 8.01. The smallest absolute Gasteiger partial charge is 0.316 e. The first-order valence-electron chi connectivity index (χ1n) is 16.6. The summed E-state index contributed by atoms with van der Waals surface area (Å²) in [7, 11) is 0. The van der Waals surface area contributed by atoms with Crippen LogP contribution in [0.2, 0.25) is 0 Å². The first kappa shape index (κ1) is 36.1. The lowest BCUT2D eigenvalue weighted by Gasteiger charge is -2.56. The first-order chi connectivity index (χ1) is 19.9. The van der Waals surface area contributed by atoms with Gasteiger partial charge in [-0.3, -0.25) is 14.4 Å². The van der Waals surface area contributed by atoms with Crippen LogP contribution in [0.3, 0.4) is 0 Å². The summed E-state index contributed by atoms with van der Waals surface area (Å²) in [6, 6.07) is -0.564. The average Bonchev–Trinajstić information content (AvgIpc) is 3.29. The molecule has 7 nitrogen and oxygen atoms in total. The summed E-state index contributed by atoms with van der Waals surface area (Å²) in [5.41, 5.74) is 5.31. The highest BCUT2D eigenvalue weighted by Gasteiger charge is 2.62. The Hall–Kier alpha value is -1.38. The molecule has 9 atom stereocenters. The predicted octanol–water partition coefficient (Wildman–Crippen LogP) is 6.06. The monoisotopic (exact) mass is 620 g/mol. The number of hydrogen-bond acceptors (Lipinski definition) is 7. The van der Waals surface area contributed by atoms with Crippen molar-refractivity contribution in [3.05, 3.63) is 12.7 Å². The fourth-order valence-electron chi connectivity index (χ4n) is 8.44. The molecule has 1 amide bonds. The molecule has 0 spiro atoms. The fraction of sp³-hybridized carbons (Fsp3) is 0.857. The molecule has 43 heavy (non-hydrogen) atoms. The Labute approximate surface area is 265 Å². The maximum atomic E-state index is 13.7. The molecule has 3 fully saturated rings. The van der Waals surface area contributed by atoms with Crippen molar-refractivity contribution in [1.82, 2.24) is 5.32 Å². The van der Waals surface area contributed by atoms with Crippen LogP contribution in [0.15, 0.2) is 12.7 Å². The van der Waals surface area contributed by atoms with E-state index in [1.807, 2.05) is 33.8 Å². The molecule has 246 valence electrons. The van der Waals surface area contributed by atoms with Crippen molar-refractivity contribution in [3.63, 3.8) is 0 Å². The van der Waals surface area contributed by atoms with Crippen molar-refractivity contribution in [2.24, 2.45) is 45.7 Å². The summed E-state index contributed by atoms with van der Waals surface area (Å²) in [6.07, 6.45) is 8.08. The molecule has 3 aliphatic rings. The molecule has 2 bridgehead atoms. The van der Waals surface area contributed by atoms with E-state index in [0.717, 1.165) is 25.7 Å². The van der Waals surface area contributed by atoms with Gasteiger partial charge in [0.15, 0.2) is 0 Å². The van der Waals surface area contributed by atoms with E-state index in [4.69, 9.17) is 10.5 Å². The third kappa shape index (κ3) is 8.26. The zero-order valence-electron chi connectivity index (χ0n) is 28.2. The quantitative estimate of drug-likeness (QED) is 0.212. The summed E-state index contributed by atoms with van der Waals surface area (Å²) in [5, 5.41) is 14.2. The number of ether oxygens (including phenoxy) is 1. The number of amides is 1. The zero-order chi connectivity index (χ0) is 32.4. The number of allylic oxidation sites excluding steroid dienone is 1. The average molecular weight is 621 g/mol. The number of rotatable bonds is 9. The zero-order valence-corrected chi connectivity index (χ0v) is 29.0. The van der Waals surface area contributed by atoms with E-state index >= 15 is 0 Å². The van der Waals surface area contributed by atoms with Crippen LogP contribution in [0.5, 0.6) is 0 Å². The van der Waals surface area contributed by atoms with Gasteiger partial charge in [0.25, 0.3) is 0 Å². The second kappa shape index (κ2) is 13.9. The van der Waals surface area contributed by atoms with Crippen molar-refractivity contribution in [3.8, 4) is 0 Å². The van der Waals surface area contributed by atoms with E-state index < -0.39 is 12.1 Å². The summed E-state index contributed by atoms with van der Waals surface area (Å²) >= 11 is 1.46. The molecule has 3 aliphatic carbocycles. The Kier molecular flexibility index (Phi) is 11.7. The molecule has 0 heterocycles. The Morgan fingerprint density at radius 2 is 1.84 bits per heavy atom. The number of thioether (sulfide) groups is 1. The third-order valence-corrected chi connectivity index (χ3v) is 13.0. The SMILES string of the molecule is C=C[C@]1(C)CC[C@@H](OC(=O)CSC(C)(C)CNC(=O)[C@H](N)C(C)C)C[C@]2(C)[C@H](C)CC[C@]3(CCC(=O)[C@@H]23)[C@@H](C)C[C@H](O)C1. The van der Waals surface area contributed by atoms with Gasteiger partial charge >= 0.3 is 5.97 Å². The van der Waals surface area contributed by atoms with Gasteiger partial charge in [-0.15, -0.1) is 18.3 Å². The van der Waals surface area contributed by atoms with Gasteiger partial charge in [0.1, 0.15) is 11.9 Å². The first-order valence-corrected chi connectivity index (χ1v) is 17.6. The van der Waals surface area contributed by atoms with Crippen LogP contribution in [-0.2, 0) is 19.1 Å². The number of aliphatic hydroxyl groups is 1. The second-order valence-electron chi connectivity index (χ2n) is 15.8. The van der Waals surface area contributed by atoms with Crippen molar-refractivity contribution < 1.29 is 24.2 Å². The molecular formula is C35H60N2O5S. The van der Waals surface area contributed by atoms with Crippen LogP contribution in [0.1, 0.15) is 113 Å². The lowest BCUT2D eigenvalue weighted by atomic mass is 9.47. The normalized spacial score (nSPS) is 37.9. The van der Waals surface area contributed by atoms with Gasteiger partial charge in [0, 0.05) is 23.6 Å². The molecule has 0 radical (unpaired) electrons. The number of Topliss-reactive ketones (excluding diaryl/α,β-unsaturated/α-hetero) is 1. The van der Waals surface area contributed by atoms with E-state index in [-0.39, 0.29) is 62.5 Å². The van der Waals surface area contributed by atoms with Crippen LogP contribution in [0.4, 0.5) is 0 Å². The van der Waals surface area contributed by atoms with E-state index in [9.17, 15) is 19.5 Å². The molecule has 0 aromatic heterocycles. The maximum Gasteiger partial charge on any atom is 0.316 e. The number of aliphatic hydroxyl groups excluding tert-OH is 1. The fourth-order valence-corrected chi connectivity index (χ4v) is 9.19. The van der Waals surface area contributed by atoms with Gasteiger partial charge in [-0.25, -0.2) is 0 Å². The van der Waals surface area contributed by atoms with E-state index in [0.29, 0.717) is 50.4 Å². The van der Waals surface area contributed by atoms with Crippen molar-refractivity contribution in [2.75, 3.05) is 12.3 Å². The summed E-state index contributed by atoms with van der Waals surface area (Å²) in [4.78, 5) is 39.4. The highest BCUT2D eigenvalue weighted by Crippen LogP contribution is 2.65. The van der Waals surface area contributed by atoms with Gasteiger partial charge in [-0.1, -0.05) is 47.6 Å². The number of ketones is 1. The van der Waals surface area contributed by atoms with Crippen molar-refractivity contribution in [1.29, 1.82) is 0 Å². The third-order valence-electron chi connectivity index (χ3n) is 11.7. The van der Waals surface area contributed by atoms with Crippen LogP contribution in [0.25, 0.3) is 0 Å². The molecule has 0 saturated heterocycles. The van der Waals surface area contributed by atoms with Crippen LogP contribution < -0.4 is 11.1 Å². The second-order valence-corrected chi connectivity index (χ2v) is 17.5. The van der Waals surface area contributed by atoms with Gasteiger partial charge in [-0.05, 0) is 99.2 Å². The topological polar surface area (TPSA) is 119 Å². The van der Waals surface area contributed by atoms with Crippen LogP contribution in [0, 0.1) is 39.9 Å². The van der Waals surface area contributed by atoms with Gasteiger partial charge in [0.05, 0.1) is 17.9 Å². The molecular weight excluding hydrogens is 560 g/mol. The molecule has 3 saturated carbocycles. The van der Waals surface area contributed by atoms with Crippen molar-refractivity contribution in [2.45, 2.75) is 136 Å². The number of esters is 1. The number of carbonyl (C=O) groups is 3. The minimum absolute atomic E-state index is 0.0459. The standard InChI is InChI=1S/C35H60N2O5S/c1-10-33(8)14-12-26(42-28(40)20-43-32(6,7)21-37-31(41)29(36)22(2)3)19-34(9)23(4)11-15-35(16-13-27(39)30(34)35)24(5)17-25(38)18-33/h10,22-26,29-30,38H,1,11-21,36H2,2-9H3,(H,37,41)/t23-,24+,25+,26-,29-,30+,33-,34-,35+/m1/s1. The Balaban J connectivity index is 1.80. The molecule has 3 rings (SSSR count). The molecule has 0 aliphatic heterocycles.